The molecule has 2 aromatic carbocycles. The molecular formula is C38H44ClN7O5. The Labute approximate surface area is 302 Å². The first kappa shape index (κ1) is 34.9. The van der Waals surface area contributed by atoms with Gasteiger partial charge in [-0.25, -0.2) is 0 Å². The number of amides is 3. The summed E-state index contributed by atoms with van der Waals surface area (Å²) in [5.74, 6) is 0.802. The minimum absolute atomic E-state index is 0.0367. The van der Waals surface area contributed by atoms with Crippen molar-refractivity contribution in [1.82, 2.24) is 24.6 Å². The Kier molecular flexibility index (Phi) is 10.3. The molecule has 1 aromatic heterocycles. The fourth-order valence-electron chi connectivity index (χ4n) is 7.65. The lowest BCUT2D eigenvalue weighted by Gasteiger charge is -2.37. The highest BCUT2D eigenvalue weighted by molar-refractivity contribution is 6.32. The highest BCUT2D eigenvalue weighted by atomic mass is 35.5. The number of halogens is 1. The van der Waals surface area contributed by atoms with Gasteiger partial charge < -0.3 is 19.5 Å². The first-order valence-electron chi connectivity index (χ1n) is 17.7. The van der Waals surface area contributed by atoms with Gasteiger partial charge in [0.1, 0.15) is 11.8 Å². The quantitative estimate of drug-likeness (QED) is 0.323. The molecule has 268 valence electrons. The van der Waals surface area contributed by atoms with Gasteiger partial charge in [-0.3, -0.25) is 39.3 Å². The molecule has 0 aliphatic carbocycles. The zero-order valence-electron chi connectivity index (χ0n) is 29.1. The molecule has 2 N–H and O–H groups in total. The second-order valence-corrected chi connectivity index (χ2v) is 14.3. The number of pyridine rings is 1. The first-order chi connectivity index (χ1) is 24.7. The maximum absolute atomic E-state index is 13.3. The number of nitrogens with zero attached hydrogens (tertiary/aromatic N) is 5. The Bertz CT molecular complexity index is 1910. The normalized spacial score (nSPS) is 20.0. The number of fused-ring (bicyclic) bond motifs is 1. The summed E-state index contributed by atoms with van der Waals surface area (Å²) in [6, 6.07) is 11.8. The van der Waals surface area contributed by atoms with Crippen molar-refractivity contribution >= 4 is 41.2 Å². The topological polar surface area (TPSA) is 129 Å². The van der Waals surface area contributed by atoms with Crippen LogP contribution < -0.4 is 20.9 Å². The number of nitrogens with one attached hydrogen (secondary N) is 2. The third kappa shape index (κ3) is 7.58. The molecule has 51 heavy (non-hydrogen) atoms. The van der Waals surface area contributed by atoms with Crippen molar-refractivity contribution in [3.05, 3.63) is 80.2 Å². The smallest absolute Gasteiger partial charge is 0.256 e. The van der Waals surface area contributed by atoms with Gasteiger partial charge in [-0.05, 0) is 73.7 Å². The van der Waals surface area contributed by atoms with Crippen molar-refractivity contribution in [2.75, 3.05) is 58.2 Å². The molecule has 12 nitrogen and oxygen atoms in total. The lowest BCUT2D eigenvalue weighted by molar-refractivity contribution is -0.135. The Morgan fingerprint density at radius 3 is 2.45 bits per heavy atom. The summed E-state index contributed by atoms with van der Waals surface area (Å²) in [7, 11) is 3.39. The first-order valence-corrected chi connectivity index (χ1v) is 18.1. The summed E-state index contributed by atoms with van der Waals surface area (Å²) in [6.07, 6.45) is 6.41. The number of aromatic nitrogens is 1. The van der Waals surface area contributed by atoms with E-state index in [1.165, 1.54) is 5.56 Å². The molecule has 0 radical (unpaired) electrons. The van der Waals surface area contributed by atoms with Crippen LogP contribution in [0.1, 0.15) is 53.9 Å². The van der Waals surface area contributed by atoms with Gasteiger partial charge in [-0.1, -0.05) is 23.7 Å². The molecule has 1 atom stereocenters. The fourth-order valence-corrected chi connectivity index (χ4v) is 7.92. The molecule has 13 heteroatoms. The number of ether oxygens (including phenoxy) is 1. The number of hydrogen-bond donors (Lipinski definition) is 2. The van der Waals surface area contributed by atoms with Gasteiger partial charge in [0.05, 0.1) is 20.2 Å². The maximum Gasteiger partial charge on any atom is 0.256 e. The predicted octanol–water partition coefficient (Wildman–Crippen LogP) is 3.39. The second kappa shape index (κ2) is 15.0. The van der Waals surface area contributed by atoms with E-state index in [2.05, 4.69) is 37.6 Å². The van der Waals surface area contributed by atoms with Crippen LogP contribution in [0, 0.1) is 0 Å². The van der Waals surface area contributed by atoms with E-state index in [0.717, 1.165) is 67.0 Å². The van der Waals surface area contributed by atoms with Crippen LogP contribution in [-0.4, -0.2) is 102 Å². The van der Waals surface area contributed by atoms with Crippen LogP contribution >= 0.6 is 11.6 Å². The number of piperidine rings is 2. The molecular weight excluding hydrogens is 670 g/mol. The number of aliphatic imine (C=N–C) groups is 1. The van der Waals surface area contributed by atoms with Gasteiger partial charge in [0, 0.05) is 91.6 Å². The standard InChI is InChI=1S/C38H44ClN7O5/c1-43-21-30(28-19-40-20-29(28)38(43)50)26-17-32(39)31(34(18-26)51-2)22-45-13-15-46(16-14-45)36(48)23-44-11-9-25(10-12-44)24-3-5-27(6-4-24)41-33-7-8-35(47)42-37(33)49/h3-6,17-19,21,25,33,41H,7-16,20,22-23H2,1-2H3,(H,42,47,49). The fraction of sp³-hybridized carbons (Fsp3) is 0.447. The molecule has 3 aromatic rings. The van der Waals surface area contributed by atoms with Crippen LogP contribution in [0.25, 0.3) is 11.1 Å². The van der Waals surface area contributed by atoms with Gasteiger partial charge >= 0.3 is 0 Å². The number of rotatable bonds is 9. The molecule has 3 fully saturated rings. The molecule has 0 spiro atoms. The summed E-state index contributed by atoms with van der Waals surface area (Å²) in [5, 5.41) is 6.23. The van der Waals surface area contributed by atoms with Gasteiger partial charge in [-0.2, -0.15) is 0 Å². The number of hydrogen-bond acceptors (Lipinski definition) is 9. The number of piperazine rings is 1. The lowest BCUT2D eigenvalue weighted by atomic mass is 9.89. The highest BCUT2D eigenvalue weighted by Crippen LogP contribution is 2.36. The molecule has 0 bridgehead atoms. The third-order valence-corrected chi connectivity index (χ3v) is 11.0. The van der Waals surface area contributed by atoms with Crippen molar-refractivity contribution < 1.29 is 19.1 Å². The highest BCUT2D eigenvalue weighted by Gasteiger charge is 2.29. The van der Waals surface area contributed by atoms with Crippen LogP contribution in [0.4, 0.5) is 5.69 Å². The molecule has 3 amide bonds. The van der Waals surface area contributed by atoms with E-state index in [1.54, 1.807) is 24.9 Å². The average molecular weight is 714 g/mol. The van der Waals surface area contributed by atoms with E-state index in [1.807, 2.05) is 35.4 Å². The predicted molar refractivity (Wildman–Crippen MR) is 196 cm³/mol. The second-order valence-electron chi connectivity index (χ2n) is 13.9. The van der Waals surface area contributed by atoms with Crippen molar-refractivity contribution in [2.24, 2.45) is 12.0 Å². The summed E-state index contributed by atoms with van der Waals surface area (Å²) >= 11 is 6.89. The van der Waals surface area contributed by atoms with Crippen LogP contribution in [0.2, 0.25) is 5.02 Å². The van der Waals surface area contributed by atoms with E-state index >= 15 is 0 Å². The zero-order valence-corrected chi connectivity index (χ0v) is 29.9. The van der Waals surface area contributed by atoms with Crippen LogP contribution in [0.3, 0.4) is 0 Å². The Balaban J connectivity index is 0.884. The third-order valence-electron chi connectivity index (χ3n) is 10.7. The van der Waals surface area contributed by atoms with E-state index in [4.69, 9.17) is 16.3 Å². The van der Waals surface area contributed by atoms with E-state index in [9.17, 15) is 19.2 Å². The Morgan fingerprint density at radius 2 is 1.75 bits per heavy atom. The van der Waals surface area contributed by atoms with Crippen molar-refractivity contribution in [3.63, 3.8) is 0 Å². The number of aryl methyl sites for hydroxylation is 1. The number of benzene rings is 2. The summed E-state index contributed by atoms with van der Waals surface area (Å²) in [4.78, 5) is 60.3. The minimum atomic E-state index is -0.394. The van der Waals surface area contributed by atoms with Gasteiger partial charge in [-0.15, -0.1) is 0 Å². The minimum Gasteiger partial charge on any atom is -0.496 e. The van der Waals surface area contributed by atoms with E-state index in [0.29, 0.717) is 67.8 Å². The summed E-state index contributed by atoms with van der Waals surface area (Å²) in [6.45, 7) is 5.98. The summed E-state index contributed by atoms with van der Waals surface area (Å²) in [5.41, 5.74) is 6.30. The zero-order chi connectivity index (χ0) is 35.6. The number of carbonyl (C=O) groups is 3. The SMILES string of the molecule is COc1cc(-c2cn(C)c(=O)c3c2C=NC3)cc(Cl)c1CN1CCN(C(=O)CN2CCC(c3ccc(NC4CCC(=O)NC4=O)cc3)CC2)CC1. The Hall–Kier alpha value is -4.52. The molecule has 3 saturated heterocycles. The van der Waals surface area contributed by atoms with Crippen LogP contribution in [0.5, 0.6) is 5.75 Å². The summed E-state index contributed by atoms with van der Waals surface area (Å²) < 4.78 is 7.40. The van der Waals surface area contributed by atoms with Gasteiger partial charge in [0.2, 0.25) is 17.7 Å². The largest absolute Gasteiger partial charge is 0.496 e. The van der Waals surface area contributed by atoms with Gasteiger partial charge in [0.25, 0.3) is 5.56 Å². The monoisotopic (exact) mass is 713 g/mol. The Morgan fingerprint density at radius 1 is 1.00 bits per heavy atom. The number of imide groups is 1. The lowest BCUT2D eigenvalue weighted by Crippen LogP contribution is -2.51. The number of likely N-dealkylation sites (tertiary alicyclic amines) is 1. The van der Waals surface area contributed by atoms with Crippen LogP contribution in [0.15, 0.2) is 52.4 Å². The maximum atomic E-state index is 13.3. The van der Waals surface area contributed by atoms with E-state index in [-0.39, 0.29) is 23.3 Å². The van der Waals surface area contributed by atoms with Crippen molar-refractivity contribution in [3.8, 4) is 16.9 Å². The molecule has 0 saturated carbocycles. The number of carbonyl (C=O) groups excluding carboxylic acids is 3. The molecule has 1 unspecified atom stereocenters. The molecule has 4 aliphatic rings. The van der Waals surface area contributed by atoms with E-state index < -0.39 is 6.04 Å². The van der Waals surface area contributed by atoms with Crippen molar-refractivity contribution in [2.45, 2.75) is 50.7 Å². The number of methoxy groups -OCH3 is 1. The molecule has 4 aliphatic heterocycles. The number of anilines is 1. The molecule has 5 heterocycles. The van der Waals surface area contributed by atoms with Crippen LogP contribution in [-0.2, 0) is 34.5 Å². The van der Waals surface area contributed by atoms with Gasteiger partial charge in [0.15, 0.2) is 0 Å². The van der Waals surface area contributed by atoms with Crippen molar-refractivity contribution in [1.29, 1.82) is 0 Å². The average Bonchev–Trinajstić information content (AvgIpc) is 3.63. The molecule has 7 rings (SSSR count).